The minimum absolute atomic E-state index is 0.00639. The summed E-state index contributed by atoms with van der Waals surface area (Å²) in [4.78, 5) is 14.9. The van der Waals surface area contributed by atoms with Gasteiger partial charge in [-0.3, -0.25) is 4.79 Å². The fourth-order valence-electron chi connectivity index (χ4n) is 3.30. The molecule has 0 N–H and O–H groups in total. The van der Waals surface area contributed by atoms with Crippen LogP contribution in [0, 0.1) is 13.8 Å². The van der Waals surface area contributed by atoms with Gasteiger partial charge in [0, 0.05) is 24.6 Å². The predicted molar refractivity (Wildman–Crippen MR) is 86.2 cm³/mol. The fraction of sp³-hybridized carbons (Fsp3) is 0.500. The molecule has 0 aliphatic carbocycles. The van der Waals surface area contributed by atoms with Gasteiger partial charge in [-0.2, -0.15) is 0 Å². The predicted octanol–water partition coefficient (Wildman–Crippen LogP) is 3.69. The van der Waals surface area contributed by atoms with E-state index >= 15 is 0 Å². The highest BCUT2D eigenvalue weighted by Crippen LogP contribution is 2.29. The van der Waals surface area contributed by atoms with Gasteiger partial charge in [0.1, 0.15) is 5.58 Å². The maximum atomic E-state index is 12.9. The Morgan fingerprint density at radius 3 is 2.95 bits per heavy atom. The van der Waals surface area contributed by atoms with Gasteiger partial charge in [-0.25, -0.2) is 0 Å². The minimum Gasteiger partial charge on any atom is -0.451 e. The van der Waals surface area contributed by atoms with E-state index in [-0.39, 0.29) is 11.9 Å². The average molecular weight is 301 g/mol. The lowest BCUT2D eigenvalue weighted by Gasteiger charge is -2.34. The number of amides is 1. The minimum atomic E-state index is -0.00639. The largest absolute Gasteiger partial charge is 0.451 e. The molecule has 1 aliphatic rings. The normalized spacial score (nSPS) is 18.9. The number of nitrogens with zero attached hydrogens (tertiary/aromatic N) is 1. The van der Waals surface area contributed by atoms with Gasteiger partial charge >= 0.3 is 0 Å². The van der Waals surface area contributed by atoms with Gasteiger partial charge in [0.2, 0.25) is 0 Å². The molecule has 1 aromatic heterocycles. The highest BCUT2D eigenvalue weighted by Gasteiger charge is 2.30. The number of fused-ring (bicyclic) bond motifs is 1. The molecule has 1 aromatic carbocycles. The smallest absolute Gasteiger partial charge is 0.290 e. The molecule has 0 radical (unpaired) electrons. The Hall–Kier alpha value is -1.81. The number of rotatable bonds is 3. The van der Waals surface area contributed by atoms with Crippen LogP contribution in [0.5, 0.6) is 0 Å². The fourth-order valence-corrected chi connectivity index (χ4v) is 3.30. The number of hydrogen-bond acceptors (Lipinski definition) is 3. The molecule has 0 spiro atoms. The Morgan fingerprint density at radius 2 is 2.18 bits per heavy atom. The monoisotopic (exact) mass is 301 g/mol. The van der Waals surface area contributed by atoms with Crippen molar-refractivity contribution in [3.8, 4) is 0 Å². The second kappa shape index (κ2) is 6.13. The summed E-state index contributed by atoms with van der Waals surface area (Å²) in [5.74, 6) is 0.469. The molecule has 1 aliphatic heterocycles. The zero-order valence-electron chi connectivity index (χ0n) is 13.5. The Bertz CT molecular complexity index is 687. The van der Waals surface area contributed by atoms with Crippen LogP contribution in [-0.4, -0.2) is 37.1 Å². The van der Waals surface area contributed by atoms with Crippen LogP contribution in [0.25, 0.3) is 11.0 Å². The van der Waals surface area contributed by atoms with Crippen molar-refractivity contribution in [2.45, 2.75) is 39.2 Å². The summed E-state index contributed by atoms with van der Waals surface area (Å²) in [5.41, 5.74) is 2.89. The molecule has 4 heteroatoms. The summed E-state index contributed by atoms with van der Waals surface area (Å²) < 4.78 is 11.1. The molecular formula is C18H23NO3. The van der Waals surface area contributed by atoms with Crippen LogP contribution >= 0.6 is 0 Å². The number of aryl methyl sites for hydroxylation is 2. The lowest BCUT2D eigenvalue weighted by molar-refractivity contribution is 0.0402. The van der Waals surface area contributed by atoms with E-state index in [0.29, 0.717) is 12.4 Å². The highest BCUT2D eigenvalue weighted by atomic mass is 16.5. The molecule has 118 valence electrons. The number of piperidine rings is 1. The van der Waals surface area contributed by atoms with Gasteiger partial charge in [0.25, 0.3) is 5.91 Å². The third kappa shape index (κ3) is 2.63. The molecule has 22 heavy (non-hydrogen) atoms. The standard InChI is InChI=1S/C18H23NO3/c1-12-7-8-16-15(10-12)13(2)17(22-16)18(20)19-9-5-4-6-14(19)11-21-3/h7-8,10,14H,4-6,9,11H2,1-3H3. The van der Waals surface area contributed by atoms with Gasteiger partial charge in [-0.05, 0) is 45.2 Å². The zero-order chi connectivity index (χ0) is 15.7. The van der Waals surface area contributed by atoms with Crippen LogP contribution in [0.3, 0.4) is 0 Å². The number of methoxy groups -OCH3 is 1. The summed E-state index contributed by atoms with van der Waals surface area (Å²) in [6.07, 6.45) is 3.19. The van der Waals surface area contributed by atoms with Crippen molar-refractivity contribution in [3.63, 3.8) is 0 Å². The van der Waals surface area contributed by atoms with Gasteiger partial charge in [0.15, 0.2) is 5.76 Å². The van der Waals surface area contributed by atoms with Gasteiger partial charge in [-0.15, -0.1) is 0 Å². The molecule has 3 rings (SSSR count). The number of hydrogen-bond donors (Lipinski definition) is 0. The van der Waals surface area contributed by atoms with Crippen molar-refractivity contribution < 1.29 is 13.9 Å². The maximum Gasteiger partial charge on any atom is 0.290 e. The van der Waals surface area contributed by atoms with Crippen LogP contribution in [-0.2, 0) is 4.74 Å². The van der Waals surface area contributed by atoms with Crippen molar-refractivity contribution in [3.05, 3.63) is 35.1 Å². The van der Waals surface area contributed by atoms with E-state index in [1.807, 2.05) is 30.9 Å². The molecule has 1 saturated heterocycles. The van der Waals surface area contributed by atoms with E-state index in [1.54, 1.807) is 7.11 Å². The van der Waals surface area contributed by atoms with Crippen molar-refractivity contribution >= 4 is 16.9 Å². The number of benzene rings is 1. The van der Waals surface area contributed by atoms with Gasteiger partial charge < -0.3 is 14.1 Å². The molecule has 4 nitrogen and oxygen atoms in total. The molecule has 1 unspecified atom stereocenters. The number of likely N-dealkylation sites (tertiary alicyclic amines) is 1. The van der Waals surface area contributed by atoms with Gasteiger partial charge in [-0.1, -0.05) is 11.6 Å². The van der Waals surface area contributed by atoms with E-state index < -0.39 is 0 Å². The molecule has 2 aromatic rings. The molecule has 2 heterocycles. The average Bonchev–Trinajstić information content (AvgIpc) is 2.84. The third-order valence-corrected chi connectivity index (χ3v) is 4.53. The molecule has 1 fully saturated rings. The summed E-state index contributed by atoms with van der Waals surface area (Å²) >= 11 is 0. The molecule has 1 atom stereocenters. The Kier molecular flexibility index (Phi) is 4.21. The number of ether oxygens (including phenoxy) is 1. The van der Waals surface area contributed by atoms with Crippen molar-refractivity contribution in [2.75, 3.05) is 20.3 Å². The SMILES string of the molecule is COCC1CCCCN1C(=O)c1oc2ccc(C)cc2c1C. The van der Waals surface area contributed by atoms with E-state index in [0.717, 1.165) is 42.3 Å². The van der Waals surface area contributed by atoms with Crippen LogP contribution < -0.4 is 0 Å². The molecule has 0 saturated carbocycles. The van der Waals surface area contributed by atoms with Crippen LogP contribution in [0.1, 0.15) is 40.9 Å². The quantitative estimate of drug-likeness (QED) is 0.868. The lowest BCUT2D eigenvalue weighted by Crippen LogP contribution is -2.46. The first kappa shape index (κ1) is 15.1. The van der Waals surface area contributed by atoms with E-state index in [2.05, 4.69) is 6.07 Å². The lowest BCUT2D eigenvalue weighted by atomic mass is 10.0. The topological polar surface area (TPSA) is 42.7 Å². The molecular weight excluding hydrogens is 278 g/mol. The second-order valence-electron chi connectivity index (χ2n) is 6.16. The number of carbonyl (C=O) groups excluding carboxylic acids is 1. The Labute approximate surface area is 131 Å². The second-order valence-corrected chi connectivity index (χ2v) is 6.16. The van der Waals surface area contributed by atoms with Crippen molar-refractivity contribution in [1.29, 1.82) is 0 Å². The first-order valence-electron chi connectivity index (χ1n) is 7.91. The van der Waals surface area contributed by atoms with E-state index in [9.17, 15) is 4.79 Å². The maximum absolute atomic E-state index is 12.9. The Morgan fingerprint density at radius 1 is 1.36 bits per heavy atom. The van der Waals surface area contributed by atoms with Crippen LogP contribution in [0.4, 0.5) is 0 Å². The molecule has 0 bridgehead atoms. The first-order valence-corrected chi connectivity index (χ1v) is 7.91. The third-order valence-electron chi connectivity index (χ3n) is 4.53. The van der Waals surface area contributed by atoms with Crippen molar-refractivity contribution in [2.24, 2.45) is 0 Å². The number of carbonyl (C=O) groups is 1. The van der Waals surface area contributed by atoms with Crippen LogP contribution in [0.2, 0.25) is 0 Å². The summed E-state index contributed by atoms with van der Waals surface area (Å²) in [7, 11) is 1.69. The summed E-state index contributed by atoms with van der Waals surface area (Å²) in [5, 5.41) is 1.03. The first-order chi connectivity index (χ1) is 10.6. The highest BCUT2D eigenvalue weighted by molar-refractivity contribution is 5.99. The Balaban J connectivity index is 1.95. The van der Waals surface area contributed by atoms with Crippen molar-refractivity contribution in [1.82, 2.24) is 4.90 Å². The summed E-state index contributed by atoms with van der Waals surface area (Å²) in [6.45, 7) is 5.38. The van der Waals surface area contributed by atoms with Gasteiger partial charge in [0.05, 0.1) is 12.6 Å². The van der Waals surface area contributed by atoms with E-state index in [4.69, 9.17) is 9.15 Å². The molecule has 1 amide bonds. The zero-order valence-corrected chi connectivity index (χ0v) is 13.5. The van der Waals surface area contributed by atoms with Crippen LogP contribution in [0.15, 0.2) is 22.6 Å². The number of furan rings is 1. The van der Waals surface area contributed by atoms with E-state index in [1.165, 1.54) is 5.56 Å². The summed E-state index contributed by atoms with van der Waals surface area (Å²) in [6, 6.07) is 6.18.